The Kier molecular flexibility index (Phi) is 6.70. The average Bonchev–Trinajstić information content (AvgIpc) is 2.73. The van der Waals surface area contributed by atoms with Gasteiger partial charge in [0.25, 0.3) is 5.91 Å². The highest BCUT2D eigenvalue weighted by Crippen LogP contribution is 2.18. The van der Waals surface area contributed by atoms with E-state index in [0.29, 0.717) is 12.1 Å². The van der Waals surface area contributed by atoms with Crippen LogP contribution in [-0.2, 0) is 23.1 Å². The van der Waals surface area contributed by atoms with Gasteiger partial charge in [0.05, 0.1) is 4.90 Å². The van der Waals surface area contributed by atoms with Crippen molar-refractivity contribution in [2.45, 2.75) is 31.8 Å². The molecule has 0 spiro atoms. The molecule has 1 N–H and O–H groups in total. The fraction of sp³-hybridized carbons (Fsp3) is 0.208. The summed E-state index contributed by atoms with van der Waals surface area (Å²) >= 11 is 0. The van der Waals surface area contributed by atoms with Crippen molar-refractivity contribution in [2.75, 3.05) is 7.05 Å². The van der Waals surface area contributed by atoms with E-state index in [2.05, 4.69) is 5.32 Å². The summed E-state index contributed by atoms with van der Waals surface area (Å²) in [5.74, 6) is -0.163. The van der Waals surface area contributed by atoms with Crippen molar-refractivity contribution in [3.63, 3.8) is 0 Å². The van der Waals surface area contributed by atoms with Crippen molar-refractivity contribution < 1.29 is 13.2 Å². The summed E-state index contributed by atoms with van der Waals surface area (Å²) in [7, 11) is -2.02. The SMILES string of the molecule is Cc1ccc(S(=O)(=O)N(C)Cc2ccc(C(=O)NCc3cccc(C)c3)cc2)cc1. The van der Waals surface area contributed by atoms with Crippen LogP contribution in [0.2, 0.25) is 0 Å². The van der Waals surface area contributed by atoms with E-state index >= 15 is 0 Å². The molecule has 0 aliphatic carbocycles. The van der Waals surface area contributed by atoms with E-state index in [9.17, 15) is 13.2 Å². The Morgan fingerprint density at radius 2 is 1.53 bits per heavy atom. The molecule has 3 rings (SSSR count). The maximum absolute atomic E-state index is 12.7. The molecule has 0 aliphatic heterocycles. The molecule has 0 atom stereocenters. The van der Waals surface area contributed by atoms with Crippen molar-refractivity contribution in [3.05, 3.63) is 101 Å². The monoisotopic (exact) mass is 422 g/mol. The molecule has 0 saturated heterocycles. The Bertz CT molecular complexity index is 1120. The highest BCUT2D eigenvalue weighted by Gasteiger charge is 2.20. The van der Waals surface area contributed by atoms with Gasteiger partial charge in [-0.15, -0.1) is 0 Å². The lowest BCUT2D eigenvalue weighted by Gasteiger charge is -2.17. The maximum atomic E-state index is 12.7. The number of benzene rings is 3. The van der Waals surface area contributed by atoms with Crippen molar-refractivity contribution >= 4 is 15.9 Å². The molecule has 1 amide bonds. The zero-order valence-electron chi connectivity index (χ0n) is 17.4. The van der Waals surface area contributed by atoms with Crippen LogP contribution in [0.1, 0.15) is 32.6 Å². The van der Waals surface area contributed by atoms with Crippen LogP contribution in [0.15, 0.2) is 77.7 Å². The van der Waals surface area contributed by atoms with Crippen LogP contribution < -0.4 is 5.32 Å². The molecule has 156 valence electrons. The molecule has 0 radical (unpaired) electrons. The van der Waals surface area contributed by atoms with Crippen molar-refractivity contribution in [2.24, 2.45) is 0 Å². The zero-order valence-corrected chi connectivity index (χ0v) is 18.2. The van der Waals surface area contributed by atoms with Crippen LogP contribution in [-0.4, -0.2) is 25.7 Å². The molecule has 3 aromatic carbocycles. The number of hydrogen-bond acceptors (Lipinski definition) is 3. The molecule has 0 heterocycles. The lowest BCUT2D eigenvalue weighted by molar-refractivity contribution is 0.0951. The molecule has 6 heteroatoms. The summed E-state index contributed by atoms with van der Waals surface area (Å²) in [4.78, 5) is 12.7. The lowest BCUT2D eigenvalue weighted by Crippen LogP contribution is -2.26. The summed E-state index contributed by atoms with van der Waals surface area (Å²) < 4.78 is 26.8. The largest absolute Gasteiger partial charge is 0.348 e. The standard InChI is InChI=1S/C24H26N2O3S/c1-18-7-13-23(14-8-18)30(28,29)26(3)17-20-9-11-22(12-10-20)24(27)25-16-21-6-4-5-19(2)15-21/h4-15H,16-17H2,1-3H3,(H,25,27). The Balaban J connectivity index is 1.62. The first-order valence-electron chi connectivity index (χ1n) is 9.71. The fourth-order valence-electron chi connectivity index (χ4n) is 3.10. The second kappa shape index (κ2) is 9.24. The molecule has 0 saturated carbocycles. The third-order valence-electron chi connectivity index (χ3n) is 4.89. The van der Waals surface area contributed by atoms with Crippen LogP contribution in [0.25, 0.3) is 0 Å². The van der Waals surface area contributed by atoms with Gasteiger partial charge in [0, 0.05) is 25.7 Å². The number of carbonyl (C=O) groups is 1. The maximum Gasteiger partial charge on any atom is 0.251 e. The third kappa shape index (κ3) is 5.34. The predicted molar refractivity (Wildman–Crippen MR) is 119 cm³/mol. The van der Waals surface area contributed by atoms with E-state index in [-0.39, 0.29) is 17.3 Å². The minimum atomic E-state index is -3.57. The molecule has 5 nitrogen and oxygen atoms in total. The molecule has 30 heavy (non-hydrogen) atoms. The van der Waals surface area contributed by atoms with Gasteiger partial charge in [-0.3, -0.25) is 4.79 Å². The first-order chi connectivity index (χ1) is 14.3. The predicted octanol–water partition coefficient (Wildman–Crippen LogP) is 4.05. The molecule has 0 fully saturated rings. The topological polar surface area (TPSA) is 66.5 Å². The molecular formula is C24H26N2O3S. The molecule has 3 aromatic rings. The number of carbonyl (C=O) groups excluding carboxylic acids is 1. The van der Waals surface area contributed by atoms with Crippen LogP contribution in [0.4, 0.5) is 0 Å². The van der Waals surface area contributed by atoms with Gasteiger partial charge in [-0.25, -0.2) is 8.42 Å². The van der Waals surface area contributed by atoms with Gasteiger partial charge in [0.1, 0.15) is 0 Å². The molecule has 0 aromatic heterocycles. The molecule has 0 unspecified atom stereocenters. The first-order valence-corrected chi connectivity index (χ1v) is 11.2. The lowest BCUT2D eigenvalue weighted by atomic mass is 10.1. The van der Waals surface area contributed by atoms with Gasteiger partial charge in [0.15, 0.2) is 0 Å². The second-order valence-electron chi connectivity index (χ2n) is 7.44. The van der Waals surface area contributed by atoms with E-state index in [0.717, 1.165) is 22.3 Å². The Morgan fingerprint density at radius 3 is 2.17 bits per heavy atom. The molecule has 0 aliphatic rings. The van der Waals surface area contributed by atoms with Gasteiger partial charge in [-0.2, -0.15) is 4.31 Å². The Morgan fingerprint density at radius 1 is 0.867 bits per heavy atom. The quantitative estimate of drug-likeness (QED) is 0.625. The van der Waals surface area contributed by atoms with E-state index in [4.69, 9.17) is 0 Å². The van der Waals surface area contributed by atoms with Gasteiger partial charge in [-0.05, 0) is 49.2 Å². The van der Waals surface area contributed by atoms with Crippen LogP contribution in [0.5, 0.6) is 0 Å². The van der Waals surface area contributed by atoms with Crippen LogP contribution in [0, 0.1) is 13.8 Å². The van der Waals surface area contributed by atoms with E-state index in [1.807, 2.05) is 38.1 Å². The summed E-state index contributed by atoms with van der Waals surface area (Å²) in [6.45, 7) is 4.61. The summed E-state index contributed by atoms with van der Waals surface area (Å²) in [5.41, 5.74) is 4.55. The summed E-state index contributed by atoms with van der Waals surface area (Å²) in [6, 6.07) is 21.8. The summed E-state index contributed by atoms with van der Waals surface area (Å²) in [6.07, 6.45) is 0. The van der Waals surface area contributed by atoms with Crippen molar-refractivity contribution in [1.82, 2.24) is 9.62 Å². The van der Waals surface area contributed by atoms with E-state index < -0.39 is 10.0 Å². The van der Waals surface area contributed by atoms with Gasteiger partial charge in [-0.1, -0.05) is 59.7 Å². The van der Waals surface area contributed by atoms with Gasteiger partial charge < -0.3 is 5.32 Å². The van der Waals surface area contributed by atoms with Gasteiger partial charge >= 0.3 is 0 Å². The van der Waals surface area contributed by atoms with Crippen LogP contribution in [0.3, 0.4) is 0 Å². The number of hydrogen-bond donors (Lipinski definition) is 1. The number of aryl methyl sites for hydroxylation is 2. The average molecular weight is 423 g/mol. The zero-order chi connectivity index (χ0) is 21.7. The highest BCUT2D eigenvalue weighted by atomic mass is 32.2. The first kappa shape index (κ1) is 21.7. The number of nitrogens with zero attached hydrogens (tertiary/aromatic N) is 1. The van der Waals surface area contributed by atoms with Gasteiger partial charge in [0.2, 0.25) is 10.0 Å². The second-order valence-corrected chi connectivity index (χ2v) is 9.49. The minimum absolute atomic E-state index is 0.163. The number of amides is 1. The smallest absolute Gasteiger partial charge is 0.251 e. The molecule has 0 bridgehead atoms. The van der Waals surface area contributed by atoms with E-state index in [1.54, 1.807) is 55.6 Å². The Hall–Kier alpha value is -2.96. The number of sulfonamides is 1. The van der Waals surface area contributed by atoms with E-state index in [1.165, 1.54) is 4.31 Å². The number of rotatable bonds is 7. The summed E-state index contributed by atoms with van der Waals surface area (Å²) in [5, 5.41) is 2.91. The highest BCUT2D eigenvalue weighted by molar-refractivity contribution is 7.89. The molecular weight excluding hydrogens is 396 g/mol. The van der Waals surface area contributed by atoms with Crippen molar-refractivity contribution in [3.8, 4) is 0 Å². The minimum Gasteiger partial charge on any atom is -0.348 e. The normalized spacial score (nSPS) is 11.5. The van der Waals surface area contributed by atoms with Crippen LogP contribution >= 0.6 is 0 Å². The third-order valence-corrected chi connectivity index (χ3v) is 6.70. The fourth-order valence-corrected chi connectivity index (χ4v) is 4.26. The Labute approximate surface area is 178 Å². The number of nitrogens with one attached hydrogen (secondary N) is 1. The van der Waals surface area contributed by atoms with Crippen molar-refractivity contribution in [1.29, 1.82) is 0 Å².